The molecule has 14 rings (SSSR count). The minimum Gasteiger partial charge on any atom is -0.464 e. The minimum atomic E-state index is -4.22. The number of aliphatic imine (C=N–C) groups is 1. The number of aliphatic hydroxyl groups is 3. The number of piperidine rings is 1. The summed E-state index contributed by atoms with van der Waals surface area (Å²) in [7, 11) is -10.3. The number of ether oxygens (including phenoxy) is 5. The van der Waals surface area contributed by atoms with Crippen molar-refractivity contribution in [1.29, 1.82) is 0 Å². The number of carbonyl (C=O) groups excluding carboxylic acids is 2. The average molecular weight is 1840 g/mol. The van der Waals surface area contributed by atoms with Crippen LogP contribution in [0.5, 0.6) is 0 Å². The second-order valence-corrected chi connectivity index (χ2v) is 40.0. The summed E-state index contributed by atoms with van der Waals surface area (Å²) in [6, 6.07) is 87.7. The third-order valence-corrected chi connectivity index (χ3v) is 28.3. The molecule has 0 saturated carbocycles. The lowest BCUT2D eigenvalue weighted by molar-refractivity contribution is -0.142. The van der Waals surface area contributed by atoms with Crippen LogP contribution in [0, 0.1) is 0 Å². The van der Waals surface area contributed by atoms with E-state index >= 15 is 0 Å². The van der Waals surface area contributed by atoms with Crippen molar-refractivity contribution in [1.82, 2.24) is 29.0 Å². The fraction of sp³-hybridized carbons (Fsp3) is 0.400. The zero-order valence-electron chi connectivity index (χ0n) is 75.9. The number of hydrogen-bond donors (Lipinski definition) is 5. The molecule has 0 aliphatic carbocycles. The number of anilines is 1. The van der Waals surface area contributed by atoms with E-state index < -0.39 is 47.2 Å². The van der Waals surface area contributed by atoms with Crippen LogP contribution in [0.3, 0.4) is 0 Å². The Morgan fingerprint density at radius 1 is 0.589 bits per heavy atom. The van der Waals surface area contributed by atoms with Crippen LogP contribution in [-0.2, 0) is 75.9 Å². The largest absolute Gasteiger partial charge is 0.464 e. The highest BCUT2D eigenvalue weighted by molar-refractivity contribution is 8.11. The number of imidazole rings is 1. The number of fused-ring (bicyclic) bond motifs is 1. The van der Waals surface area contributed by atoms with Gasteiger partial charge in [-0.05, 0) is 123 Å². The Hall–Kier alpha value is -9.80. The number of rotatable bonds is 33. The van der Waals surface area contributed by atoms with Gasteiger partial charge in [-0.1, -0.05) is 247 Å². The molecule has 1 aromatic heterocycles. The number of amides is 1. The van der Waals surface area contributed by atoms with Gasteiger partial charge in [0, 0.05) is 120 Å². The average Bonchev–Trinajstić information content (AvgIpc) is 1.63. The number of nitrogens with one attached hydrogen (secondary N) is 1. The molecule has 3 fully saturated rings. The summed E-state index contributed by atoms with van der Waals surface area (Å²) in [5.74, 6) is 0.548. The van der Waals surface area contributed by atoms with Crippen molar-refractivity contribution in [3.8, 4) is 33.9 Å². The van der Waals surface area contributed by atoms with E-state index in [0.717, 1.165) is 90.8 Å². The first-order chi connectivity index (χ1) is 62.0. The van der Waals surface area contributed by atoms with Crippen LogP contribution in [0.15, 0.2) is 274 Å². The standard InChI is InChI=1S/C21H16N2.C18H15S.C14H11N.C12H22N3O8S3.C12H27NO5.C12H19N.C11H21NO3/c1-4-10-16(11-5-1)19-20(17-12-6-2-7-13-17)23-21(22-19)18-14-8-3-9-15-18;1-4-10-16(11-5-1)19(17-12-6-2-7-13-17)18-14-8-3-9-15-18;1-2-6-11(7-3-1)14-10-12-8-4-5-9-13(12)15-14;1-24(17,18)13-25(19,20)9-2-10-26(21,22)15-6-4-14(5-7-15)11-3-8-23-12(11)16;1-16-8-2-3-13(4-9-17-11-6-14)5-10-18-12-7-15;1-8(2)10-6-5-7-11(9(3)4)12(10)13;1-4-11(2,3)15-10(14)12-7-5-9(13)6-8-12/h1-15H,(H,22,23);1-15H;1-9H,10H2;11H,2-10H2,1H3;14-15H,2-12H2,1H3;5-9H,13H2,1-4H3;9,13H,4-8H2,1-3H3/q;+1;;-1;;;. The lowest BCUT2D eigenvalue weighted by Gasteiger charge is -2.35. The Bertz CT molecular complexity index is 5100. The number of likely N-dealkylation sites (tertiary alicyclic amines) is 1. The fourth-order valence-electron chi connectivity index (χ4n) is 14.2. The molecule has 1 unspecified atom stereocenters. The number of para-hydroxylation sites is 2. The number of cyclic esters (lactones) is 1. The first-order valence-corrected chi connectivity index (χ1v) is 50.4. The monoisotopic (exact) mass is 1840 g/mol. The molecule has 4 aliphatic heterocycles. The Morgan fingerprint density at radius 3 is 1.52 bits per heavy atom. The number of methoxy groups -OCH3 is 1. The van der Waals surface area contributed by atoms with Gasteiger partial charge in [-0.2, -0.15) is 4.31 Å². The minimum absolute atomic E-state index is 0.0146. The summed E-state index contributed by atoms with van der Waals surface area (Å²) in [6.45, 7) is 22.6. The third-order valence-electron chi connectivity index (χ3n) is 21.3. The van der Waals surface area contributed by atoms with Gasteiger partial charge in [0.05, 0.1) is 112 Å². The molecule has 1 amide bonds. The number of piperazine rings is 1. The lowest BCUT2D eigenvalue weighted by Crippen LogP contribution is -2.53. The highest BCUT2D eigenvalue weighted by atomic mass is 32.3. The van der Waals surface area contributed by atoms with Crippen LogP contribution >= 0.6 is 0 Å². The zero-order valence-corrected chi connectivity index (χ0v) is 79.2. The molecule has 5 heterocycles. The van der Waals surface area contributed by atoms with Crippen molar-refractivity contribution >= 4 is 70.1 Å². The predicted octanol–water partition coefficient (Wildman–Crippen LogP) is 16.5. The van der Waals surface area contributed by atoms with Gasteiger partial charge in [0.25, 0.3) is 0 Å². The molecule has 3 saturated heterocycles. The third kappa shape index (κ3) is 36.1. The molecular formula is C100H131N9O16S4. The van der Waals surface area contributed by atoms with Gasteiger partial charge >= 0.3 is 12.1 Å². The van der Waals surface area contributed by atoms with Crippen molar-refractivity contribution in [3.63, 3.8) is 0 Å². The van der Waals surface area contributed by atoms with E-state index in [1.165, 1.54) is 47.0 Å². The quantitative estimate of drug-likeness (QED) is 0.0110. The number of H-pyrrole nitrogens is 1. The number of nitrogen functional groups attached to an aromatic ring is 1. The number of nitrogens with zero attached hydrogens (tertiary/aromatic N) is 7. The van der Waals surface area contributed by atoms with Crippen LogP contribution in [0.2, 0.25) is 0 Å². The summed E-state index contributed by atoms with van der Waals surface area (Å²) in [5, 5.41) is 26.5. The molecule has 9 aromatic carbocycles. The number of carbonyl (C=O) groups is 2. The first kappa shape index (κ1) is 105. The van der Waals surface area contributed by atoms with Crippen LogP contribution < -0.4 is 5.73 Å². The second kappa shape index (κ2) is 54.8. The molecule has 10 aromatic rings. The van der Waals surface area contributed by atoms with Gasteiger partial charge in [0.15, 0.2) is 14.7 Å². The predicted molar refractivity (Wildman–Crippen MR) is 518 cm³/mol. The van der Waals surface area contributed by atoms with E-state index in [9.17, 15) is 39.9 Å². The number of aromatic nitrogens is 2. The molecule has 6 N–H and O–H groups in total. The maximum atomic E-state index is 12.3. The topological polar surface area (TPSA) is 338 Å². The summed E-state index contributed by atoms with van der Waals surface area (Å²) in [6.07, 6.45) is 4.52. The summed E-state index contributed by atoms with van der Waals surface area (Å²) >= 11 is 0. The molecule has 1 atom stereocenters. The van der Waals surface area contributed by atoms with Gasteiger partial charge in [0.1, 0.15) is 17.5 Å². The molecule has 0 spiro atoms. The number of hydrogen-bond acceptors (Lipinski definition) is 21. The van der Waals surface area contributed by atoms with E-state index in [1.807, 2.05) is 92.4 Å². The number of sulfonamides is 3. The molecule has 129 heavy (non-hydrogen) atoms. The van der Waals surface area contributed by atoms with Crippen molar-refractivity contribution in [3.05, 3.63) is 281 Å². The number of nitrogens with two attached hydrogens (primary N) is 1. The van der Waals surface area contributed by atoms with Crippen LogP contribution in [-0.4, -0.2) is 242 Å². The Labute approximate surface area is 768 Å². The molecule has 0 radical (unpaired) electrons. The van der Waals surface area contributed by atoms with Crippen LogP contribution in [0.4, 0.5) is 16.2 Å². The van der Waals surface area contributed by atoms with Gasteiger partial charge in [-0.15, -0.1) is 0 Å². The Morgan fingerprint density at radius 2 is 1.06 bits per heavy atom. The van der Waals surface area contributed by atoms with Crippen molar-refractivity contribution in [2.24, 2.45) is 4.99 Å². The molecular weight excluding hydrogens is 1710 g/mol. The summed E-state index contributed by atoms with van der Waals surface area (Å²) < 4.78 is 99.3. The molecule has 4 aliphatic rings. The van der Waals surface area contributed by atoms with Crippen LogP contribution in [0.1, 0.15) is 121 Å². The zero-order chi connectivity index (χ0) is 93.0. The van der Waals surface area contributed by atoms with E-state index in [-0.39, 0.29) is 67.8 Å². The number of aliphatic hydroxyl groups excluding tert-OH is 3. The van der Waals surface area contributed by atoms with Crippen molar-refractivity contribution < 1.29 is 73.8 Å². The fourth-order valence-corrected chi connectivity index (χ4v) is 20.4. The maximum Gasteiger partial charge on any atom is 0.410 e. The lowest BCUT2D eigenvalue weighted by atomic mass is 9.93. The highest BCUT2D eigenvalue weighted by Gasteiger charge is 2.37. The Kier molecular flexibility index (Phi) is 44.4. The van der Waals surface area contributed by atoms with Crippen molar-refractivity contribution in [2.75, 3.05) is 142 Å². The summed E-state index contributed by atoms with van der Waals surface area (Å²) in [4.78, 5) is 46.2. The number of esters is 1. The Balaban J connectivity index is 0.000000188. The second-order valence-electron chi connectivity index (χ2n) is 32.3. The first-order valence-electron chi connectivity index (χ1n) is 44.1. The SMILES string of the molecule is CC(C)c1cccc(C(C)C)c1N.CCC(C)(C)OC(=O)N1CCC(O)CC1.COCCCN(CCOCCO)CCOCCO.CS(=O)(=O)[N-]S(=O)(=O)CCCS(=O)(=O)N1CCN(C2CCOC2=O)CC1.c1ccc(-c2nc(-c3ccccc3)c(-c3ccccc3)[nH]2)cc1.c1ccc(C2=Nc3ccccc3C2)cc1.c1ccc([S+](c2ccccc2)c2ccccc2)cc1. The van der Waals surface area contributed by atoms with Crippen molar-refractivity contribution in [2.45, 2.75) is 138 Å². The van der Waals surface area contributed by atoms with E-state index in [1.54, 1.807) is 12.0 Å². The summed E-state index contributed by atoms with van der Waals surface area (Å²) in [5.41, 5.74) is 19.4. The maximum absolute atomic E-state index is 12.3. The molecule has 0 bridgehead atoms. The van der Waals surface area contributed by atoms with Crippen LogP contribution in [0.25, 0.3) is 38.0 Å². The van der Waals surface area contributed by atoms with Gasteiger partial charge in [0.2, 0.25) is 10.0 Å². The molecule has 25 nitrogen and oxygen atoms in total. The smallest absolute Gasteiger partial charge is 0.410 e. The highest BCUT2D eigenvalue weighted by Crippen LogP contribution is 2.36. The van der Waals surface area contributed by atoms with Gasteiger partial charge in [-0.3, -0.25) is 19.6 Å². The molecule has 696 valence electrons. The van der Waals surface area contributed by atoms with Gasteiger partial charge < -0.3 is 58.7 Å². The van der Waals surface area contributed by atoms with E-state index in [0.29, 0.717) is 96.6 Å². The normalized spacial score (nSPS) is 14.8. The molecule has 29 heteroatoms. The van der Waals surface area contributed by atoms with E-state index in [2.05, 4.69) is 235 Å². The number of aromatic amines is 1. The number of benzene rings is 9. The van der Waals surface area contributed by atoms with E-state index in [4.69, 9.17) is 44.6 Å². The van der Waals surface area contributed by atoms with Gasteiger partial charge in [-0.25, -0.2) is 35.0 Å².